The topological polar surface area (TPSA) is 26.3 Å². The Morgan fingerprint density at radius 1 is 1.22 bits per heavy atom. The van der Waals surface area contributed by atoms with Crippen LogP contribution in [0.25, 0.3) is 0 Å². The van der Waals surface area contributed by atoms with Gasteiger partial charge in [-0.05, 0) is 24.6 Å². The number of hydrogen-bond donors (Lipinski definition) is 0. The summed E-state index contributed by atoms with van der Waals surface area (Å²) in [6.45, 7) is 5.27. The summed E-state index contributed by atoms with van der Waals surface area (Å²) in [5.41, 5.74) is 0.872. The van der Waals surface area contributed by atoms with Crippen LogP contribution in [0.4, 0.5) is 0 Å². The van der Waals surface area contributed by atoms with Crippen LogP contribution in [-0.4, -0.2) is 11.6 Å². The lowest BCUT2D eigenvalue weighted by atomic mass is 9.95. The fourth-order valence-electron chi connectivity index (χ4n) is 1.89. The van der Waals surface area contributed by atoms with Crippen LogP contribution in [0.2, 0.25) is 0 Å². The molecule has 0 saturated heterocycles. The van der Waals surface area contributed by atoms with Gasteiger partial charge in [0.25, 0.3) is 0 Å². The predicted octanol–water partition coefficient (Wildman–Crippen LogP) is 3.21. The summed E-state index contributed by atoms with van der Waals surface area (Å²) in [7, 11) is 0. The third-order valence-corrected chi connectivity index (χ3v) is 2.82. The van der Waals surface area contributed by atoms with Crippen molar-refractivity contribution in [3.63, 3.8) is 0 Å². The molecule has 0 unspecified atom stereocenters. The Labute approximate surface area is 107 Å². The normalized spacial score (nSPS) is 15.6. The smallest absolute Gasteiger partial charge is 0.334 e. The molecular weight excluding hydrogens is 224 g/mol. The van der Waals surface area contributed by atoms with Crippen molar-refractivity contribution in [1.82, 2.24) is 0 Å². The number of esters is 1. The second kappa shape index (κ2) is 5.05. The van der Waals surface area contributed by atoms with Crippen LogP contribution >= 0.6 is 0 Å². The summed E-state index contributed by atoms with van der Waals surface area (Å²) in [6, 6.07) is 9.97. The minimum Gasteiger partial charge on any atom is -0.447 e. The minimum absolute atomic E-state index is 0.359. The van der Waals surface area contributed by atoms with E-state index in [1.54, 1.807) is 6.92 Å². The first-order valence-electron chi connectivity index (χ1n) is 5.91. The van der Waals surface area contributed by atoms with Crippen molar-refractivity contribution in [1.29, 1.82) is 0 Å². The Hall–Kier alpha value is -2.09. The second-order valence-corrected chi connectivity index (χ2v) is 4.51. The number of ether oxygens (including phenoxy) is 1. The van der Waals surface area contributed by atoms with Crippen LogP contribution in [0.3, 0.4) is 0 Å². The van der Waals surface area contributed by atoms with E-state index in [0.717, 1.165) is 5.56 Å². The highest BCUT2D eigenvalue weighted by Gasteiger charge is 2.31. The molecule has 2 rings (SSSR count). The van der Waals surface area contributed by atoms with Crippen LogP contribution in [0.1, 0.15) is 12.5 Å². The molecular formula is C16H16O2. The number of hydrogen-bond acceptors (Lipinski definition) is 2. The Kier molecular flexibility index (Phi) is 3.47. The zero-order chi connectivity index (χ0) is 13.0. The van der Waals surface area contributed by atoms with Crippen LogP contribution < -0.4 is 0 Å². The Morgan fingerprint density at radius 2 is 1.83 bits per heavy atom. The van der Waals surface area contributed by atoms with E-state index in [2.05, 4.69) is 6.58 Å². The molecule has 0 saturated carbocycles. The molecule has 2 heteroatoms. The van der Waals surface area contributed by atoms with E-state index >= 15 is 0 Å². The summed E-state index contributed by atoms with van der Waals surface area (Å²) in [5, 5.41) is 0. The Bertz CT molecular complexity index is 497. The fourth-order valence-corrected chi connectivity index (χ4v) is 1.89. The van der Waals surface area contributed by atoms with Gasteiger partial charge >= 0.3 is 5.97 Å². The van der Waals surface area contributed by atoms with E-state index in [4.69, 9.17) is 4.74 Å². The lowest BCUT2D eigenvalue weighted by Gasteiger charge is -2.26. The van der Waals surface area contributed by atoms with E-state index in [0.29, 0.717) is 12.0 Å². The van der Waals surface area contributed by atoms with Crippen molar-refractivity contribution >= 4 is 5.97 Å². The molecule has 0 amide bonds. The molecule has 18 heavy (non-hydrogen) atoms. The molecule has 0 fully saturated rings. The maximum absolute atomic E-state index is 11.7. The maximum Gasteiger partial charge on any atom is 0.334 e. The largest absolute Gasteiger partial charge is 0.447 e. The summed E-state index contributed by atoms with van der Waals surface area (Å²) >= 11 is 0. The first kappa shape index (κ1) is 12.4. The molecule has 0 radical (unpaired) electrons. The van der Waals surface area contributed by atoms with Crippen LogP contribution in [0.5, 0.6) is 0 Å². The number of rotatable bonds is 4. The van der Waals surface area contributed by atoms with Crippen molar-refractivity contribution in [3.05, 3.63) is 72.4 Å². The Balaban J connectivity index is 2.18. The van der Waals surface area contributed by atoms with E-state index < -0.39 is 5.60 Å². The molecule has 1 aromatic rings. The molecule has 0 atom stereocenters. The maximum atomic E-state index is 11.7. The van der Waals surface area contributed by atoms with E-state index in [1.807, 2.05) is 54.6 Å². The Morgan fingerprint density at radius 3 is 2.39 bits per heavy atom. The average molecular weight is 240 g/mol. The first-order chi connectivity index (χ1) is 8.61. The molecule has 0 aromatic heterocycles. The fraction of sp³-hybridized carbons (Fsp3) is 0.188. The van der Waals surface area contributed by atoms with Gasteiger partial charge in [-0.2, -0.15) is 0 Å². The standard InChI is InChI=1S/C16H16O2/c1-13(2)15(17)18-16(10-6-7-11-16)12-14-8-4-3-5-9-14/h3-11H,1,12H2,2H3. The summed E-state index contributed by atoms with van der Waals surface area (Å²) in [5.74, 6) is -0.359. The monoisotopic (exact) mass is 240 g/mol. The highest BCUT2D eigenvalue weighted by Crippen LogP contribution is 2.26. The summed E-state index contributed by atoms with van der Waals surface area (Å²) in [6.07, 6.45) is 8.24. The number of allylic oxidation sites excluding steroid dienone is 2. The van der Waals surface area contributed by atoms with Gasteiger partial charge in [0, 0.05) is 12.0 Å². The number of carbonyl (C=O) groups is 1. The number of benzene rings is 1. The molecule has 0 spiro atoms. The quantitative estimate of drug-likeness (QED) is 0.596. The van der Waals surface area contributed by atoms with Gasteiger partial charge in [-0.1, -0.05) is 49.1 Å². The van der Waals surface area contributed by atoms with Crippen molar-refractivity contribution in [2.45, 2.75) is 18.9 Å². The molecule has 0 bridgehead atoms. The van der Waals surface area contributed by atoms with Gasteiger partial charge in [-0.25, -0.2) is 4.79 Å². The summed E-state index contributed by atoms with van der Waals surface area (Å²) in [4.78, 5) is 11.7. The van der Waals surface area contributed by atoms with Gasteiger partial charge in [0.15, 0.2) is 5.60 Å². The van der Waals surface area contributed by atoms with Crippen molar-refractivity contribution in [2.24, 2.45) is 0 Å². The van der Waals surface area contributed by atoms with Crippen LogP contribution in [0.15, 0.2) is 66.8 Å². The average Bonchev–Trinajstić information content (AvgIpc) is 2.78. The highest BCUT2D eigenvalue weighted by atomic mass is 16.6. The second-order valence-electron chi connectivity index (χ2n) is 4.51. The molecule has 0 aliphatic heterocycles. The molecule has 1 aromatic carbocycles. The minimum atomic E-state index is -0.669. The molecule has 0 N–H and O–H groups in total. The molecule has 92 valence electrons. The first-order valence-corrected chi connectivity index (χ1v) is 5.91. The van der Waals surface area contributed by atoms with Crippen LogP contribution in [0, 0.1) is 0 Å². The van der Waals surface area contributed by atoms with E-state index in [9.17, 15) is 4.79 Å². The van der Waals surface area contributed by atoms with Gasteiger partial charge in [-0.15, -0.1) is 0 Å². The molecule has 1 aliphatic rings. The van der Waals surface area contributed by atoms with E-state index in [1.165, 1.54) is 0 Å². The van der Waals surface area contributed by atoms with Gasteiger partial charge in [-0.3, -0.25) is 0 Å². The van der Waals surface area contributed by atoms with Crippen LogP contribution in [-0.2, 0) is 16.0 Å². The molecule has 2 nitrogen and oxygen atoms in total. The van der Waals surface area contributed by atoms with Gasteiger partial charge in [0.05, 0.1) is 0 Å². The number of carbonyl (C=O) groups excluding carboxylic acids is 1. The molecule has 1 aliphatic carbocycles. The van der Waals surface area contributed by atoms with Crippen molar-refractivity contribution < 1.29 is 9.53 Å². The summed E-state index contributed by atoms with van der Waals surface area (Å²) < 4.78 is 5.55. The lowest BCUT2D eigenvalue weighted by molar-refractivity contribution is -0.146. The highest BCUT2D eigenvalue weighted by molar-refractivity contribution is 5.87. The zero-order valence-corrected chi connectivity index (χ0v) is 10.4. The van der Waals surface area contributed by atoms with Gasteiger partial charge < -0.3 is 4.74 Å². The van der Waals surface area contributed by atoms with Gasteiger partial charge in [0.1, 0.15) is 0 Å². The third-order valence-electron chi connectivity index (χ3n) is 2.82. The van der Waals surface area contributed by atoms with Crippen molar-refractivity contribution in [2.75, 3.05) is 0 Å². The SMILES string of the molecule is C=C(C)C(=O)OC1(Cc2ccccc2)C=CC=C1. The lowest BCUT2D eigenvalue weighted by Crippen LogP contribution is -2.32. The molecule has 0 heterocycles. The van der Waals surface area contributed by atoms with Crippen molar-refractivity contribution in [3.8, 4) is 0 Å². The third kappa shape index (κ3) is 2.77. The zero-order valence-electron chi connectivity index (χ0n) is 10.4. The van der Waals surface area contributed by atoms with E-state index in [-0.39, 0.29) is 5.97 Å². The predicted molar refractivity (Wildman–Crippen MR) is 72.1 cm³/mol. The van der Waals surface area contributed by atoms with Gasteiger partial charge in [0.2, 0.25) is 0 Å².